The van der Waals surface area contributed by atoms with Crippen molar-refractivity contribution in [1.82, 2.24) is 9.78 Å². The highest BCUT2D eigenvalue weighted by Crippen LogP contribution is 2.26. The van der Waals surface area contributed by atoms with Crippen molar-refractivity contribution in [2.45, 2.75) is 30.2 Å². The van der Waals surface area contributed by atoms with E-state index in [9.17, 15) is 40.3 Å². The number of nitrogens with one attached hydrogen (secondary N) is 1. The van der Waals surface area contributed by atoms with Gasteiger partial charge >= 0.3 is 5.97 Å². The molecule has 1 aromatic heterocycles. The monoisotopic (exact) mass is 662 g/mol. The molecule has 0 spiro atoms. The molecule has 0 saturated heterocycles. The first kappa shape index (κ1) is 33.2. The van der Waals surface area contributed by atoms with Gasteiger partial charge in [-0.25, -0.2) is 19.3 Å². The maximum Gasteiger partial charge on any atom is 0.359 e. The topological polar surface area (TPSA) is 224 Å². The van der Waals surface area contributed by atoms with Gasteiger partial charge in [0.25, 0.3) is 31.7 Å². The van der Waals surface area contributed by atoms with Crippen molar-refractivity contribution < 1.29 is 50.0 Å². The Bertz CT molecular complexity index is 1970. The molecule has 3 aromatic rings. The Labute approximate surface area is 256 Å². The van der Waals surface area contributed by atoms with E-state index in [0.717, 1.165) is 34.0 Å². The second kappa shape index (κ2) is 13.5. The molecule has 16 nitrogen and oxygen atoms in total. The Morgan fingerprint density at radius 2 is 1.47 bits per heavy atom. The van der Waals surface area contributed by atoms with Gasteiger partial charge < -0.3 is 4.74 Å². The first-order valence-electron chi connectivity index (χ1n) is 13.0. The maximum atomic E-state index is 13.4. The highest BCUT2D eigenvalue weighted by atomic mass is 32.2. The molecule has 0 bridgehead atoms. The van der Waals surface area contributed by atoms with E-state index in [-0.39, 0.29) is 58.6 Å². The van der Waals surface area contributed by atoms with Crippen LogP contribution in [0.1, 0.15) is 25.1 Å². The summed E-state index contributed by atoms with van der Waals surface area (Å²) >= 11 is 0. The molecular weight excluding hydrogens is 636 g/mol. The number of esters is 1. The van der Waals surface area contributed by atoms with Crippen LogP contribution in [0.25, 0.3) is 11.8 Å². The number of nitrogens with zero attached hydrogens (tertiary/aromatic N) is 3. The zero-order valence-corrected chi connectivity index (χ0v) is 25.2. The van der Waals surface area contributed by atoms with Crippen LogP contribution in [0.4, 0.5) is 5.69 Å². The number of carbonyl (C=O) groups is 2. The number of anilines is 1. The quantitative estimate of drug-likeness (QED) is 0.0633. The third-order valence-corrected chi connectivity index (χ3v) is 7.79. The van der Waals surface area contributed by atoms with Crippen molar-refractivity contribution in [2.24, 2.45) is 5.10 Å². The van der Waals surface area contributed by atoms with Crippen molar-refractivity contribution in [1.29, 1.82) is 0 Å². The van der Waals surface area contributed by atoms with Gasteiger partial charge in [0.1, 0.15) is 6.61 Å². The van der Waals surface area contributed by atoms with Crippen LogP contribution < -0.4 is 10.6 Å². The lowest BCUT2D eigenvalue weighted by atomic mass is 10.1. The summed E-state index contributed by atoms with van der Waals surface area (Å²) in [4.78, 5) is 48.5. The highest BCUT2D eigenvalue weighted by molar-refractivity contribution is 7.86. The molecule has 1 amide bonds. The predicted molar refractivity (Wildman–Crippen MR) is 158 cm³/mol. The number of hydrazone groups is 1. The van der Waals surface area contributed by atoms with Crippen molar-refractivity contribution in [3.8, 4) is 5.69 Å². The molecule has 45 heavy (non-hydrogen) atoms. The van der Waals surface area contributed by atoms with Crippen LogP contribution in [0.2, 0.25) is 0 Å². The van der Waals surface area contributed by atoms with E-state index < -0.39 is 42.6 Å². The number of rotatable bonds is 12. The zero-order valence-electron chi connectivity index (χ0n) is 23.6. The Hall–Kier alpha value is -4.72. The molecule has 2 heterocycles. The normalized spacial score (nSPS) is 14.8. The molecular formula is C27H26N4O12S2. The van der Waals surface area contributed by atoms with Crippen LogP contribution >= 0.6 is 0 Å². The Kier molecular flexibility index (Phi) is 9.96. The van der Waals surface area contributed by atoms with Gasteiger partial charge in [-0.05, 0) is 74.5 Å². The van der Waals surface area contributed by atoms with Gasteiger partial charge in [0.15, 0.2) is 5.71 Å². The van der Waals surface area contributed by atoms with Crippen molar-refractivity contribution in [2.75, 3.05) is 18.2 Å². The number of amides is 1. The number of allylic oxidation sites excluding steroid dienone is 2. The summed E-state index contributed by atoms with van der Waals surface area (Å²) in [7, 11) is -8.95. The summed E-state index contributed by atoms with van der Waals surface area (Å²) in [5, 5.41) is 7.74. The largest absolute Gasteiger partial charge is 0.461 e. The summed E-state index contributed by atoms with van der Waals surface area (Å²) in [6, 6.07) is 9.33. The molecule has 238 valence electrons. The average Bonchev–Trinajstić information content (AvgIpc) is 3.48. The Balaban J connectivity index is 1.71. The second-order valence-corrected chi connectivity index (χ2v) is 11.8. The maximum absolute atomic E-state index is 13.4. The summed E-state index contributed by atoms with van der Waals surface area (Å²) in [5.74, 6) is -1.68. The van der Waals surface area contributed by atoms with Crippen molar-refractivity contribution >= 4 is 49.6 Å². The van der Waals surface area contributed by atoms with Crippen LogP contribution in [0.15, 0.2) is 85.9 Å². The lowest BCUT2D eigenvalue weighted by molar-refractivity contribution is -0.301. The molecule has 4 rings (SSSR count). The first-order valence-corrected chi connectivity index (χ1v) is 15.9. The summed E-state index contributed by atoms with van der Waals surface area (Å²) in [6.07, 6.45) is 3.88. The van der Waals surface area contributed by atoms with Crippen LogP contribution in [0, 0.1) is 0 Å². The zero-order chi connectivity index (χ0) is 32.9. The lowest BCUT2D eigenvalue weighted by Gasteiger charge is -2.11. The molecule has 0 radical (unpaired) electrons. The van der Waals surface area contributed by atoms with E-state index in [1.807, 2.05) is 0 Å². The van der Waals surface area contributed by atoms with Gasteiger partial charge in [0, 0.05) is 0 Å². The van der Waals surface area contributed by atoms with E-state index in [1.54, 1.807) is 13.8 Å². The van der Waals surface area contributed by atoms with E-state index >= 15 is 0 Å². The Morgan fingerprint density at radius 1 is 0.889 bits per heavy atom. The third kappa shape index (κ3) is 7.51. The number of hydrogen-bond acceptors (Lipinski definition) is 11. The second-order valence-electron chi connectivity index (χ2n) is 8.98. The van der Waals surface area contributed by atoms with E-state index in [2.05, 4.69) is 10.2 Å². The van der Waals surface area contributed by atoms with E-state index in [1.165, 1.54) is 42.5 Å². The molecule has 2 aromatic carbocycles. The molecule has 0 fully saturated rings. The number of H-pyrrole nitrogens is 1. The smallest absolute Gasteiger partial charge is 0.359 e. The number of aromatic amines is 1. The molecule has 1 aliphatic rings. The Morgan fingerprint density at radius 3 is 2.00 bits per heavy atom. The van der Waals surface area contributed by atoms with Gasteiger partial charge in [-0.15, -0.1) is 0 Å². The van der Waals surface area contributed by atoms with Crippen LogP contribution in [-0.2, 0) is 50.9 Å². The standard InChI is InChI=1S/C27H26N4O12S2/c1-3-41-27(34)24-22(26(33)31(29-24)18-10-14-20(15-11-18)45(38,39)40)7-5-6-21-23(16-43-42-4-2)28-30(25(21)32)17-8-12-19(13-9-17)44(35,36)37/h5-15,28H,3-4,16H2,1-2H3,(H,35,36,37)(H,38,39,40)/b6-5?,22-7-. The average molecular weight is 663 g/mol. The summed E-state index contributed by atoms with van der Waals surface area (Å²) in [5.41, 5.74) is -0.547. The van der Waals surface area contributed by atoms with Gasteiger partial charge in [-0.1, -0.05) is 6.08 Å². The number of ether oxygens (including phenoxy) is 1. The minimum Gasteiger partial charge on any atom is -0.461 e. The summed E-state index contributed by atoms with van der Waals surface area (Å²) in [6.45, 7) is 3.23. The third-order valence-electron chi connectivity index (χ3n) is 6.05. The van der Waals surface area contributed by atoms with E-state index in [4.69, 9.17) is 14.5 Å². The fourth-order valence-corrected chi connectivity index (χ4v) is 4.96. The predicted octanol–water partition coefficient (Wildman–Crippen LogP) is 2.03. The number of benzene rings is 2. The van der Waals surface area contributed by atoms with Crippen molar-refractivity contribution in [3.63, 3.8) is 0 Å². The minimum atomic E-state index is -4.49. The van der Waals surface area contributed by atoms with E-state index in [0.29, 0.717) is 0 Å². The molecule has 0 aliphatic carbocycles. The molecule has 0 atom stereocenters. The van der Waals surface area contributed by atoms with Crippen LogP contribution in [0.3, 0.4) is 0 Å². The SMILES string of the molecule is CCOOCc1[nH]n(-c2ccc(S(=O)(=O)O)cc2)c(=O)c1C=C/C=C1\C(=O)N(c2ccc(S(=O)(=O)O)cc2)N=C1C(=O)OCC. The van der Waals surface area contributed by atoms with Crippen LogP contribution in [-0.4, -0.2) is 66.5 Å². The highest BCUT2D eigenvalue weighted by Gasteiger charge is 2.35. The van der Waals surface area contributed by atoms with Crippen LogP contribution in [0.5, 0.6) is 0 Å². The van der Waals surface area contributed by atoms with Gasteiger partial charge in [0.05, 0.1) is 51.2 Å². The molecule has 1 aliphatic heterocycles. The number of aromatic nitrogens is 2. The lowest BCUT2D eigenvalue weighted by Crippen LogP contribution is -2.23. The number of carbonyl (C=O) groups excluding carboxylic acids is 2. The van der Waals surface area contributed by atoms with Gasteiger partial charge in [-0.3, -0.25) is 23.8 Å². The number of hydrogen-bond donors (Lipinski definition) is 3. The molecule has 3 N–H and O–H groups in total. The summed E-state index contributed by atoms with van der Waals surface area (Å²) < 4.78 is 70.1. The van der Waals surface area contributed by atoms with Gasteiger partial charge in [-0.2, -0.15) is 26.9 Å². The minimum absolute atomic E-state index is 0.0183. The van der Waals surface area contributed by atoms with Gasteiger partial charge in [0.2, 0.25) is 0 Å². The van der Waals surface area contributed by atoms with Crippen molar-refractivity contribution in [3.05, 3.63) is 87.9 Å². The molecule has 18 heteroatoms. The molecule has 0 saturated carbocycles. The molecule has 0 unspecified atom stereocenters. The fraction of sp³-hybridized carbons (Fsp3) is 0.185. The first-order chi connectivity index (χ1) is 21.3. The fourth-order valence-electron chi connectivity index (χ4n) is 4.00.